The van der Waals surface area contributed by atoms with Crippen molar-refractivity contribution in [1.82, 2.24) is 15.1 Å². The zero-order chi connectivity index (χ0) is 28.7. The minimum atomic E-state index is -0.531. The smallest absolute Gasteiger partial charge is 0.323 e. The van der Waals surface area contributed by atoms with E-state index in [-0.39, 0.29) is 43.5 Å². The second-order valence-corrected chi connectivity index (χ2v) is 10.3. The van der Waals surface area contributed by atoms with E-state index in [1.165, 1.54) is 24.3 Å². The molecule has 2 aromatic carbocycles. The Bertz CT molecular complexity index is 1160. The van der Waals surface area contributed by atoms with Crippen molar-refractivity contribution in [2.45, 2.75) is 52.3 Å². The monoisotopic (exact) mass is 543 g/mol. The third-order valence-corrected chi connectivity index (χ3v) is 6.49. The van der Waals surface area contributed by atoms with Crippen LogP contribution in [-0.2, 0) is 11.2 Å². The van der Waals surface area contributed by atoms with Gasteiger partial charge < -0.3 is 35.6 Å². The first-order chi connectivity index (χ1) is 18.5. The number of amides is 5. The summed E-state index contributed by atoms with van der Waals surface area (Å²) in [6.07, 6.45) is -0.454. The number of benzene rings is 2. The summed E-state index contributed by atoms with van der Waals surface area (Å²) in [6.45, 7) is 7.90. The summed E-state index contributed by atoms with van der Waals surface area (Å²) < 4.78 is 19.6. The number of urea groups is 2. The molecule has 0 aliphatic carbocycles. The lowest BCUT2D eigenvalue weighted by Crippen LogP contribution is -2.49. The van der Waals surface area contributed by atoms with Gasteiger partial charge in [0.2, 0.25) is 5.91 Å². The highest BCUT2D eigenvalue weighted by Gasteiger charge is 2.32. The van der Waals surface area contributed by atoms with Crippen LogP contribution >= 0.6 is 0 Å². The van der Waals surface area contributed by atoms with E-state index >= 15 is 0 Å². The first kappa shape index (κ1) is 29.7. The molecule has 0 spiro atoms. The number of rotatable bonds is 7. The average molecular weight is 544 g/mol. The normalized spacial score (nSPS) is 18.2. The van der Waals surface area contributed by atoms with E-state index < -0.39 is 24.0 Å². The fourth-order valence-electron chi connectivity index (χ4n) is 4.26. The molecule has 212 valence electrons. The number of nitrogens with one attached hydrogen (secondary N) is 3. The van der Waals surface area contributed by atoms with Crippen LogP contribution in [0.1, 0.15) is 33.3 Å². The molecular weight excluding hydrogens is 505 g/mol. The molecule has 1 aliphatic heterocycles. The van der Waals surface area contributed by atoms with Gasteiger partial charge in [0.1, 0.15) is 17.7 Å². The van der Waals surface area contributed by atoms with Crippen molar-refractivity contribution in [2.75, 3.05) is 37.4 Å². The van der Waals surface area contributed by atoms with Crippen molar-refractivity contribution in [2.24, 2.45) is 5.92 Å². The summed E-state index contributed by atoms with van der Waals surface area (Å²) in [5.41, 5.74) is 1.41. The summed E-state index contributed by atoms with van der Waals surface area (Å²) in [6, 6.07) is 9.20. The molecule has 3 rings (SSSR count). The topological polar surface area (TPSA) is 123 Å². The molecular formula is C28H38FN5O5. The van der Waals surface area contributed by atoms with Gasteiger partial charge >= 0.3 is 12.1 Å². The summed E-state index contributed by atoms with van der Waals surface area (Å²) >= 11 is 0. The largest absolute Gasteiger partial charge is 0.488 e. The van der Waals surface area contributed by atoms with Gasteiger partial charge in [-0.3, -0.25) is 4.79 Å². The van der Waals surface area contributed by atoms with E-state index in [1.54, 1.807) is 42.0 Å². The predicted octanol–water partition coefficient (Wildman–Crippen LogP) is 3.67. The van der Waals surface area contributed by atoms with E-state index in [9.17, 15) is 23.9 Å². The lowest BCUT2D eigenvalue weighted by atomic mass is 10.0. The minimum absolute atomic E-state index is 0.00209. The number of nitrogens with zero attached hydrogens (tertiary/aromatic N) is 2. The number of anilines is 2. The number of carbonyl (C=O) groups excluding carboxylic acids is 3. The number of likely N-dealkylation sites (N-methyl/N-ethyl adjacent to an activating group) is 1. The molecule has 3 atom stereocenters. The zero-order valence-corrected chi connectivity index (χ0v) is 23.0. The molecule has 5 amide bonds. The number of aliphatic hydroxyl groups excluding tert-OH is 1. The SMILES string of the molecule is CC(C)NC(=O)N(C)C[C@@H]1Oc2ccc(NC(=O)Nc3ccc(F)cc3)cc2CC(=O)N([C@H](C)CO)C[C@H]1C. The van der Waals surface area contributed by atoms with Crippen molar-refractivity contribution in [3.8, 4) is 5.75 Å². The maximum absolute atomic E-state index is 13.3. The van der Waals surface area contributed by atoms with Crippen LogP contribution in [0.4, 0.5) is 25.4 Å². The minimum Gasteiger partial charge on any atom is -0.488 e. The van der Waals surface area contributed by atoms with Crippen LogP contribution in [0.25, 0.3) is 0 Å². The van der Waals surface area contributed by atoms with E-state index in [0.29, 0.717) is 29.2 Å². The second kappa shape index (κ2) is 13.3. The number of hydrogen-bond acceptors (Lipinski definition) is 5. The Balaban J connectivity index is 1.86. The third-order valence-electron chi connectivity index (χ3n) is 6.49. The van der Waals surface area contributed by atoms with Gasteiger partial charge in [-0.2, -0.15) is 0 Å². The van der Waals surface area contributed by atoms with E-state index in [2.05, 4.69) is 16.0 Å². The van der Waals surface area contributed by atoms with Gasteiger partial charge in [0.05, 0.1) is 25.6 Å². The van der Waals surface area contributed by atoms with E-state index in [4.69, 9.17) is 4.74 Å². The number of hydrogen-bond donors (Lipinski definition) is 4. The molecule has 4 N–H and O–H groups in total. The van der Waals surface area contributed by atoms with Crippen LogP contribution < -0.4 is 20.7 Å². The van der Waals surface area contributed by atoms with Gasteiger partial charge in [-0.05, 0) is 63.2 Å². The Morgan fingerprint density at radius 2 is 1.77 bits per heavy atom. The summed E-state index contributed by atoms with van der Waals surface area (Å²) in [4.78, 5) is 41.6. The molecule has 0 fully saturated rings. The summed E-state index contributed by atoms with van der Waals surface area (Å²) in [7, 11) is 1.69. The highest BCUT2D eigenvalue weighted by atomic mass is 19.1. The Hall–Kier alpha value is -3.86. The van der Waals surface area contributed by atoms with Crippen LogP contribution in [0.15, 0.2) is 42.5 Å². The van der Waals surface area contributed by atoms with Crippen LogP contribution in [-0.4, -0.2) is 77.8 Å². The first-order valence-corrected chi connectivity index (χ1v) is 13.0. The fraction of sp³-hybridized carbons (Fsp3) is 0.464. The van der Waals surface area contributed by atoms with E-state index in [1.807, 2.05) is 20.8 Å². The van der Waals surface area contributed by atoms with Crippen molar-refractivity contribution < 1.29 is 28.6 Å². The molecule has 1 heterocycles. The Kier molecular flexibility index (Phi) is 10.1. The van der Waals surface area contributed by atoms with Crippen LogP contribution in [0, 0.1) is 11.7 Å². The van der Waals surface area contributed by atoms with Crippen molar-refractivity contribution in [1.29, 1.82) is 0 Å². The van der Waals surface area contributed by atoms with Gasteiger partial charge in [-0.15, -0.1) is 0 Å². The van der Waals surface area contributed by atoms with Crippen molar-refractivity contribution >= 4 is 29.3 Å². The Morgan fingerprint density at radius 3 is 2.41 bits per heavy atom. The summed E-state index contributed by atoms with van der Waals surface area (Å²) in [5.74, 6) is -0.289. The van der Waals surface area contributed by atoms with Crippen molar-refractivity contribution in [3.05, 3.63) is 53.8 Å². The highest BCUT2D eigenvalue weighted by Crippen LogP contribution is 2.29. The molecule has 10 nitrogen and oxygen atoms in total. The molecule has 0 aromatic heterocycles. The molecule has 0 radical (unpaired) electrons. The predicted molar refractivity (Wildman–Crippen MR) is 147 cm³/mol. The number of ether oxygens (including phenoxy) is 1. The molecule has 39 heavy (non-hydrogen) atoms. The zero-order valence-electron chi connectivity index (χ0n) is 23.0. The lowest BCUT2D eigenvalue weighted by Gasteiger charge is -2.34. The molecule has 2 aromatic rings. The van der Waals surface area contributed by atoms with Crippen molar-refractivity contribution in [3.63, 3.8) is 0 Å². The first-order valence-electron chi connectivity index (χ1n) is 13.0. The molecule has 0 saturated carbocycles. The highest BCUT2D eigenvalue weighted by molar-refractivity contribution is 6.00. The maximum Gasteiger partial charge on any atom is 0.323 e. The molecule has 11 heteroatoms. The fourth-order valence-corrected chi connectivity index (χ4v) is 4.26. The number of aliphatic hydroxyl groups is 1. The van der Waals surface area contributed by atoms with Gasteiger partial charge in [-0.25, -0.2) is 14.0 Å². The van der Waals surface area contributed by atoms with Gasteiger partial charge in [-0.1, -0.05) is 6.92 Å². The molecule has 0 saturated heterocycles. The van der Waals surface area contributed by atoms with Gasteiger partial charge in [0.25, 0.3) is 0 Å². The number of carbonyl (C=O) groups is 3. The van der Waals surface area contributed by atoms with Gasteiger partial charge in [0.15, 0.2) is 0 Å². The van der Waals surface area contributed by atoms with Gasteiger partial charge in [0, 0.05) is 42.5 Å². The number of fused-ring (bicyclic) bond motifs is 1. The third kappa shape index (κ3) is 8.31. The van der Waals surface area contributed by atoms with Crippen LogP contribution in [0.3, 0.4) is 0 Å². The standard InChI is InChI=1S/C28H38FN5O5/c1-17(2)30-28(38)33(5)15-25-18(3)14-34(19(4)16-35)26(36)13-20-12-23(10-11-24(20)39-25)32-27(37)31-22-8-6-21(29)7-9-22/h6-12,17-19,25,35H,13-16H2,1-5H3,(H,30,38)(H2,31,32,37)/t18-,19-,25+/m1/s1. The lowest BCUT2D eigenvalue weighted by molar-refractivity contribution is -0.134. The quantitative estimate of drug-likeness (QED) is 0.424. The molecule has 1 aliphatic rings. The Labute approximate surface area is 228 Å². The number of halogens is 1. The molecule has 0 unspecified atom stereocenters. The summed E-state index contributed by atoms with van der Waals surface area (Å²) in [5, 5.41) is 18.0. The Morgan fingerprint density at radius 1 is 1.13 bits per heavy atom. The second-order valence-electron chi connectivity index (χ2n) is 10.3. The van der Waals surface area contributed by atoms with Crippen LogP contribution in [0.5, 0.6) is 5.75 Å². The maximum atomic E-state index is 13.3. The van der Waals surface area contributed by atoms with E-state index in [0.717, 1.165) is 0 Å². The van der Waals surface area contributed by atoms with Crippen LogP contribution in [0.2, 0.25) is 0 Å². The molecule has 0 bridgehead atoms. The average Bonchev–Trinajstić information content (AvgIpc) is 2.92.